The lowest BCUT2D eigenvalue weighted by molar-refractivity contribution is 0.422. The molecule has 0 aliphatic heterocycles. The lowest BCUT2D eigenvalue weighted by Gasteiger charge is -2.07. The summed E-state index contributed by atoms with van der Waals surface area (Å²) in [6.07, 6.45) is 1.79. The van der Waals surface area contributed by atoms with Crippen molar-refractivity contribution in [2.45, 2.75) is 13.5 Å². The molecule has 0 N–H and O–H groups in total. The Morgan fingerprint density at radius 3 is 2.60 bits per heavy atom. The largest absolute Gasteiger partial charge is 0.339 e. The summed E-state index contributed by atoms with van der Waals surface area (Å²) in [7, 11) is 0. The van der Waals surface area contributed by atoms with Crippen molar-refractivity contribution in [2.75, 3.05) is 0 Å². The van der Waals surface area contributed by atoms with E-state index in [1.807, 2.05) is 12.1 Å². The number of nitrogens with zero attached hydrogens (tertiary/aromatic N) is 3. The Kier molecular flexibility index (Phi) is 3.06. The van der Waals surface area contributed by atoms with Crippen LogP contribution in [0.15, 0.2) is 41.1 Å². The lowest BCUT2D eigenvalue weighted by atomic mass is 10.2. The summed E-state index contributed by atoms with van der Waals surface area (Å²) >= 11 is 0. The standard InChI is InChI=1S/C14H11F2N3O/c1-9-17-14(20-18-9)13-3-2-4-19(13)8-10-5-11(15)7-12(16)6-10/h2-7H,8H2,1H3. The van der Waals surface area contributed by atoms with Crippen LogP contribution in [0.4, 0.5) is 8.78 Å². The molecule has 3 aromatic rings. The van der Waals surface area contributed by atoms with Gasteiger partial charge in [0.25, 0.3) is 5.89 Å². The molecular weight excluding hydrogens is 264 g/mol. The SMILES string of the molecule is Cc1noc(-c2cccn2Cc2cc(F)cc(F)c2)n1. The van der Waals surface area contributed by atoms with Crippen molar-refractivity contribution in [1.82, 2.24) is 14.7 Å². The van der Waals surface area contributed by atoms with Gasteiger partial charge in [0.1, 0.15) is 17.3 Å². The van der Waals surface area contributed by atoms with E-state index in [1.165, 1.54) is 12.1 Å². The van der Waals surface area contributed by atoms with E-state index in [0.29, 0.717) is 29.5 Å². The van der Waals surface area contributed by atoms with Gasteiger partial charge in [-0.2, -0.15) is 4.98 Å². The molecule has 0 spiro atoms. The first-order valence-corrected chi connectivity index (χ1v) is 6.02. The summed E-state index contributed by atoms with van der Waals surface area (Å²) in [5.74, 6) is -0.279. The molecule has 1 aromatic carbocycles. The summed E-state index contributed by atoms with van der Waals surface area (Å²) in [6.45, 7) is 2.04. The number of rotatable bonds is 3. The van der Waals surface area contributed by atoms with Crippen molar-refractivity contribution >= 4 is 0 Å². The molecule has 0 unspecified atom stereocenters. The van der Waals surface area contributed by atoms with E-state index in [0.717, 1.165) is 6.07 Å². The third-order valence-electron chi connectivity index (χ3n) is 2.85. The predicted molar refractivity (Wildman–Crippen MR) is 67.9 cm³/mol. The van der Waals surface area contributed by atoms with Crippen LogP contribution in [0.3, 0.4) is 0 Å². The average molecular weight is 275 g/mol. The van der Waals surface area contributed by atoms with E-state index in [1.54, 1.807) is 17.7 Å². The van der Waals surface area contributed by atoms with Crippen LogP contribution in [0.2, 0.25) is 0 Å². The molecule has 4 nitrogen and oxygen atoms in total. The first-order valence-electron chi connectivity index (χ1n) is 6.02. The topological polar surface area (TPSA) is 43.9 Å². The molecule has 2 aromatic heterocycles. The highest BCUT2D eigenvalue weighted by Crippen LogP contribution is 2.20. The first kappa shape index (κ1) is 12.5. The molecule has 0 aliphatic rings. The van der Waals surface area contributed by atoms with E-state index in [2.05, 4.69) is 10.1 Å². The molecule has 0 aliphatic carbocycles. The summed E-state index contributed by atoms with van der Waals surface area (Å²) < 4.78 is 33.3. The number of hydrogen-bond donors (Lipinski definition) is 0. The van der Waals surface area contributed by atoms with Crippen LogP contribution in [0.5, 0.6) is 0 Å². The molecule has 0 saturated carbocycles. The summed E-state index contributed by atoms with van der Waals surface area (Å²) in [5, 5.41) is 3.73. The molecule has 6 heteroatoms. The normalized spacial score (nSPS) is 10.9. The fourth-order valence-electron chi connectivity index (χ4n) is 2.05. The zero-order valence-corrected chi connectivity index (χ0v) is 10.7. The molecule has 102 valence electrons. The highest BCUT2D eigenvalue weighted by molar-refractivity contribution is 5.48. The van der Waals surface area contributed by atoms with Crippen LogP contribution in [-0.4, -0.2) is 14.7 Å². The minimum absolute atomic E-state index is 0.318. The van der Waals surface area contributed by atoms with Gasteiger partial charge in [0, 0.05) is 18.8 Å². The number of hydrogen-bond acceptors (Lipinski definition) is 3. The van der Waals surface area contributed by atoms with Gasteiger partial charge in [0.05, 0.1) is 0 Å². The van der Waals surface area contributed by atoms with E-state index in [9.17, 15) is 8.78 Å². The van der Waals surface area contributed by atoms with Crippen molar-refractivity contribution in [3.63, 3.8) is 0 Å². The zero-order chi connectivity index (χ0) is 14.1. The molecule has 20 heavy (non-hydrogen) atoms. The smallest absolute Gasteiger partial charge is 0.274 e. The predicted octanol–water partition coefficient (Wildman–Crippen LogP) is 3.17. The number of aryl methyl sites for hydroxylation is 1. The average Bonchev–Trinajstić information content (AvgIpc) is 2.96. The monoisotopic (exact) mass is 275 g/mol. The second-order valence-corrected chi connectivity index (χ2v) is 4.45. The molecular formula is C14H11F2N3O. The maximum atomic E-state index is 13.2. The van der Waals surface area contributed by atoms with Crippen molar-refractivity contribution < 1.29 is 13.3 Å². The molecule has 0 bridgehead atoms. The third-order valence-corrected chi connectivity index (χ3v) is 2.85. The maximum absolute atomic E-state index is 13.2. The molecule has 0 amide bonds. The molecule has 0 fully saturated rings. The van der Waals surface area contributed by atoms with Gasteiger partial charge in [-0.25, -0.2) is 8.78 Å². The summed E-state index contributed by atoms with van der Waals surface area (Å²) in [6, 6.07) is 7.06. The van der Waals surface area contributed by atoms with Crippen molar-refractivity contribution in [3.8, 4) is 11.6 Å². The van der Waals surface area contributed by atoms with E-state index < -0.39 is 11.6 Å². The van der Waals surface area contributed by atoms with Crippen LogP contribution in [0, 0.1) is 18.6 Å². The number of halogens is 2. The van der Waals surface area contributed by atoms with Gasteiger partial charge in [0.2, 0.25) is 0 Å². The second kappa shape index (κ2) is 4.88. The van der Waals surface area contributed by atoms with Gasteiger partial charge in [-0.15, -0.1) is 0 Å². The zero-order valence-electron chi connectivity index (χ0n) is 10.7. The van der Waals surface area contributed by atoms with E-state index in [4.69, 9.17) is 4.52 Å². The fourth-order valence-corrected chi connectivity index (χ4v) is 2.05. The maximum Gasteiger partial charge on any atom is 0.274 e. The van der Waals surface area contributed by atoms with Gasteiger partial charge < -0.3 is 9.09 Å². The van der Waals surface area contributed by atoms with Gasteiger partial charge in [0.15, 0.2) is 5.82 Å². The van der Waals surface area contributed by atoms with Gasteiger partial charge in [-0.1, -0.05) is 5.16 Å². The highest BCUT2D eigenvalue weighted by atomic mass is 19.1. The van der Waals surface area contributed by atoms with Crippen molar-refractivity contribution in [3.05, 3.63) is 59.6 Å². The highest BCUT2D eigenvalue weighted by Gasteiger charge is 2.11. The molecule has 2 heterocycles. The van der Waals surface area contributed by atoms with Crippen LogP contribution >= 0.6 is 0 Å². The Hall–Kier alpha value is -2.50. The van der Waals surface area contributed by atoms with Gasteiger partial charge in [-0.05, 0) is 36.8 Å². The van der Waals surface area contributed by atoms with Gasteiger partial charge in [-0.3, -0.25) is 0 Å². The molecule has 0 atom stereocenters. The quantitative estimate of drug-likeness (QED) is 0.737. The molecule has 0 radical (unpaired) electrons. The lowest BCUT2D eigenvalue weighted by Crippen LogP contribution is -2.01. The van der Waals surface area contributed by atoms with Gasteiger partial charge >= 0.3 is 0 Å². The fraction of sp³-hybridized carbons (Fsp3) is 0.143. The first-order chi connectivity index (χ1) is 9.61. The minimum Gasteiger partial charge on any atom is -0.339 e. The van der Waals surface area contributed by atoms with Crippen LogP contribution < -0.4 is 0 Å². The summed E-state index contributed by atoms with van der Waals surface area (Å²) in [5.41, 5.74) is 1.23. The summed E-state index contributed by atoms with van der Waals surface area (Å²) in [4.78, 5) is 4.14. The van der Waals surface area contributed by atoms with Crippen molar-refractivity contribution in [2.24, 2.45) is 0 Å². The molecule has 0 saturated heterocycles. The Morgan fingerprint density at radius 2 is 1.95 bits per heavy atom. The van der Waals surface area contributed by atoms with Crippen molar-refractivity contribution in [1.29, 1.82) is 0 Å². The Labute approximate surface area is 113 Å². The Balaban J connectivity index is 1.94. The molecule has 3 rings (SSSR count). The minimum atomic E-state index is -0.595. The Bertz CT molecular complexity index is 728. The van der Waals surface area contributed by atoms with E-state index >= 15 is 0 Å². The number of benzene rings is 1. The third kappa shape index (κ3) is 2.45. The van der Waals surface area contributed by atoms with Crippen LogP contribution in [0.25, 0.3) is 11.6 Å². The van der Waals surface area contributed by atoms with Crippen LogP contribution in [0.1, 0.15) is 11.4 Å². The van der Waals surface area contributed by atoms with E-state index in [-0.39, 0.29) is 0 Å². The number of aromatic nitrogens is 3. The second-order valence-electron chi connectivity index (χ2n) is 4.45. The van der Waals surface area contributed by atoms with Crippen LogP contribution in [-0.2, 0) is 6.54 Å². The Morgan fingerprint density at radius 1 is 1.20 bits per heavy atom.